The highest BCUT2D eigenvalue weighted by Crippen LogP contribution is 2.22. The van der Waals surface area contributed by atoms with Crippen molar-refractivity contribution >= 4 is 17.7 Å². The number of unbranched alkanes of at least 4 members (excludes halogenated alkanes) is 2. The maximum absolute atomic E-state index is 12.2. The highest BCUT2D eigenvalue weighted by Gasteiger charge is 2.13. The van der Waals surface area contributed by atoms with Gasteiger partial charge in [-0.3, -0.25) is 9.36 Å². The Morgan fingerprint density at radius 2 is 2.08 bits per heavy atom. The molecule has 0 radical (unpaired) electrons. The summed E-state index contributed by atoms with van der Waals surface area (Å²) in [5, 5.41) is 12.0. The number of benzene rings is 1. The molecule has 2 aromatic rings. The number of amides is 1. The summed E-state index contributed by atoms with van der Waals surface area (Å²) in [6.45, 7) is 6.38. The van der Waals surface area contributed by atoms with Crippen LogP contribution in [0.25, 0.3) is 5.69 Å². The van der Waals surface area contributed by atoms with Crippen molar-refractivity contribution in [2.24, 2.45) is 0 Å². The minimum atomic E-state index is 0.0484. The number of hydrogen-bond donors (Lipinski definition) is 1. The van der Waals surface area contributed by atoms with Crippen LogP contribution < -0.4 is 5.32 Å². The lowest BCUT2D eigenvalue weighted by molar-refractivity contribution is -0.119. The molecule has 0 aliphatic carbocycles. The predicted molar refractivity (Wildman–Crippen MR) is 103 cm³/mol. The lowest BCUT2D eigenvalue weighted by Gasteiger charge is -2.14. The van der Waals surface area contributed by atoms with Crippen LogP contribution in [-0.4, -0.2) is 32.5 Å². The Hall–Kier alpha value is -1.82. The van der Waals surface area contributed by atoms with E-state index < -0.39 is 0 Å². The average molecular weight is 361 g/mol. The fraction of sp³-hybridized carbons (Fsp3) is 0.526. The van der Waals surface area contributed by atoms with Gasteiger partial charge in [-0.25, -0.2) is 0 Å². The first kappa shape index (κ1) is 19.5. The molecule has 1 N–H and O–H groups in total. The van der Waals surface area contributed by atoms with E-state index >= 15 is 0 Å². The first-order chi connectivity index (χ1) is 12.2. The molecule has 0 aliphatic heterocycles. The van der Waals surface area contributed by atoms with E-state index in [4.69, 9.17) is 0 Å². The second kappa shape index (κ2) is 10.2. The average Bonchev–Trinajstić information content (AvgIpc) is 3.08. The lowest BCUT2D eigenvalue weighted by Crippen LogP contribution is -2.33. The first-order valence-corrected chi connectivity index (χ1v) is 10.0. The van der Waals surface area contributed by atoms with Crippen LogP contribution in [0, 0.1) is 0 Å². The number of thioether (sulfide) groups is 1. The Bertz CT molecular complexity index is 671. The van der Waals surface area contributed by atoms with E-state index in [1.165, 1.54) is 30.2 Å². The Kier molecular flexibility index (Phi) is 7.98. The van der Waals surface area contributed by atoms with E-state index in [1.807, 2.05) is 16.7 Å². The summed E-state index contributed by atoms with van der Waals surface area (Å²) in [7, 11) is 0. The van der Waals surface area contributed by atoms with E-state index in [-0.39, 0.29) is 11.9 Å². The van der Waals surface area contributed by atoms with Crippen LogP contribution in [0.2, 0.25) is 0 Å². The Morgan fingerprint density at radius 3 is 2.84 bits per heavy atom. The van der Waals surface area contributed by atoms with Crippen LogP contribution in [0.1, 0.15) is 52.0 Å². The molecule has 6 heteroatoms. The summed E-state index contributed by atoms with van der Waals surface area (Å²) in [5.74, 6) is 0.401. The number of para-hydroxylation sites is 1. The fourth-order valence-corrected chi connectivity index (χ4v) is 3.49. The van der Waals surface area contributed by atoms with Crippen LogP contribution in [0.15, 0.2) is 35.7 Å². The van der Waals surface area contributed by atoms with Gasteiger partial charge in [-0.05, 0) is 31.4 Å². The molecule has 1 unspecified atom stereocenters. The van der Waals surface area contributed by atoms with Crippen LogP contribution >= 0.6 is 11.8 Å². The number of carbonyl (C=O) groups is 1. The quantitative estimate of drug-likeness (QED) is 0.514. The standard InChI is InChI=1S/C19H28N4OS/c1-4-6-7-10-15(3)21-18(24)13-25-19-22-20-14-23(19)17-12-9-8-11-16(17)5-2/h8-9,11-12,14-15H,4-7,10,13H2,1-3H3,(H,21,24). The fourth-order valence-electron chi connectivity index (χ4n) is 2.75. The maximum Gasteiger partial charge on any atom is 0.230 e. The van der Waals surface area contributed by atoms with Gasteiger partial charge in [0.15, 0.2) is 5.16 Å². The highest BCUT2D eigenvalue weighted by molar-refractivity contribution is 7.99. The Morgan fingerprint density at radius 1 is 1.28 bits per heavy atom. The summed E-state index contributed by atoms with van der Waals surface area (Å²) in [6, 6.07) is 8.43. The van der Waals surface area contributed by atoms with Gasteiger partial charge in [-0.2, -0.15) is 0 Å². The summed E-state index contributed by atoms with van der Waals surface area (Å²) >= 11 is 1.42. The first-order valence-electron chi connectivity index (χ1n) is 9.06. The summed E-state index contributed by atoms with van der Waals surface area (Å²) in [5.41, 5.74) is 2.31. The SMILES string of the molecule is CCCCCC(C)NC(=O)CSc1nncn1-c1ccccc1CC. The molecule has 0 saturated heterocycles. The molecule has 25 heavy (non-hydrogen) atoms. The van der Waals surface area contributed by atoms with Crippen molar-refractivity contribution in [3.05, 3.63) is 36.2 Å². The normalized spacial score (nSPS) is 12.1. The molecule has 1 atom stereocenters. The van der Waals surface area contributed by atoms with Gasteiger partial charge in [0.25, 0.3) is 0 Å². The van der Waals surface area contributed by atoms with E-state index in [2.05, 4.69) is 48.4 Å². The molecule has 136 valence electrons. The number of aromatic nitrogens is 3. The van der Waals surface area contributed by atoms with Gasteiger partial charge in [-0.15, -0.1) is 10.2 Å². The lowest BCUT2D eigenvalue weighted by atomic mass is 10.1. The van der Waals surface area contributed by atoms with Gasteiger partial charge in [0.1, 0.15) is 6.33 Å². The number of nitrogens with one attached hydrogen (secondary N) is 1. The number of rotatable bonds is 10. The monoisotopic (exact) mass is 360 g/mol. The zero-order valence-electron chi connectivity index (χ0n) is 15.4. The zero-order chi connectivity index (χ0) is 18.1. The Balaban J connectivity index is 1.92. The maximum atomic E-state index is 12.2. The van der Waals surface area contributed by atoms with E-state index in [9.17, 15) is 4.79 Å². The van der Waals surface area contributed by atoms with E-state index in [1.54, 1.807) is 6.33 Å². The molecular formula is C19H28N4OS. The second-order valence-corrected chi connectivity index (χ2v) is 7.16. The van der Waals surface area contributed by atoms with Crippen molar-refractivity contribution in [1.29, 1.82) is 0 Å². The zero-order valence-corrected chi connectivity index (χ0v) is 16.2. The summed E-state index contributed by atoms with van der Waals surface area (Å²) in [4.78, 5) is 12.2. The molecule has 1 amide bonds. The van der Waals surface area contributed by atoms with Crippen molar-refractivity contribution in [3.63, 3.8) is 0 Å². The molecule has 1 heterocycles. The Labute approximate surface area is 154 Å². The third-order valence-electron chi connectivity index (χ3n) is 4.13. The van der Waals surface area contributed by atoms with Gasteiger partial charge in [0.2, 0.25) is 5.91 Å². The molecule has 0 bridgehead atoms. The summed E-state index contributed by atoms with van der Waals surface area (Å²) < 4.78 is 1.96. The molecule has 1 aromatic heterocycles. The molecule has 0 fully saturated rings. The number of nitrogens with zero attached hydrogens (tertiary/aromatic N) is 3. The van der Waals surface area contributed by atoms with Crippen molar-refractivity contribution in [1.82, 2.24) is 20.1 Å². The third kappa shape index (κ3) is 5.88. The van der Waals surface area contributed by atoms with Gasteiger partial charge in [0, 0.05) is 6.04 Å². The summed E-state index contributed by atoms with van der Waals surface area (Å²) in [6.07, 6.45) is 7.26. The van der Waals surface area contributed by atoms with Gasteiger partial charge in [-0.1, -0.05) is 63.1 Å². The van der Waals surface area contributed by atoms with E-state index in [0.29, 0.717) is 5.75 Å². The smallest absolute Gasteiger partial charge is 0.230 e. The molecule has 5 nitrogen and oxygen atoms in total. The van der Waals surface area contributed by atoms with Gasteiger partial charge in [0.05, 0.1) is 11.4 Å². The van der Waals surface area contributed by atoms with Crippen LogP contribution in [0.4, 0.5) is 0 Å². The molecule has 1 aromatic carbocycles. The molecule has 0 spiro atoms. The topological polar surface area (TPSA) is 59.8 Å². The van der Waals surface area contributed by atoms with Crippen LogP contribution in [0.5, 0.6) is 0 Å². The minimum absolute atomic E-state index is 0.0484. The third-order valence-corrected chi connectivity index (χ3v) is 5.07. The second-order valence-electron chi connectivity index (χ2n) is 6.22. The van der Waals surface area contributed by atoms with Crippen molar-refractivity contribution in [2.75, 3.05) is 5.75 Å². The van der Waals surface area contributed by atoms with Crippen molar-refractivity contribution in [3.8, 4) is 5.69 Å². The molecular weight excluding hydrogens is 332 g/mol. The van der Waals surface area contributed by atoms with Gasteiger partial charge < -0.3 is 5.32 Å². The molecule has 0 saturated carbocycles. The minimum Gasteiger partial charge on any atom is -0.353 e. The van der Waals surface area contributed by atoms with Crippen LogP contribution in [0.3, 0.4) is 0 Å². The van der Waals surface area contributed by atoms with E-state index in [0.717, 1.165) is 30.1 Å². The highest BCUT2D eigenvalue weighted by atomic mass is 32.2. The van der Waals surface area contributed by atoms with Crippen molar-refractivity contribution in [2.45, 2.75) is 64.1 Å². The van der Waals surface area contributed by atoms with Crippen LogP contribution in [-0.2, 0) is 11.2 Å². The largest absolute Gasteiger partial charge is 0.353 e. The molecule has 0 aliphatic rings. The molecule has 2 rings (SSSR count). The van der Waals surface area contributed by atoms with Crippen molar-refractivity contribution < 1.29 is 4.79 Å². The number of hydrogen-bond acceptors (Lipinski definition) is 4. The number of aryl methyl sites for hydroxylation is 1. The predicted octanol–water partition coefficient (Wildman–Crippen LogP) is 4.01. The number of carbonyl (C=O) groups excluding carboxylic acids is 1. The van der Waals surface area contributed by atoms with Gasteiger partial charge >= 0.3 is 0 Å².